The molecule has 0 amide bonds. The van der Waals surface area contributed by atoms with Crippen LogP contribution in [-0.4, -0.2) is 49.0 Å². The van der Waals surface area contributed by atoms with E-state index in [9.17, 15) is 8.42 Å². The summed E-state index contributed by atoms with van der Waals surface area (Å²) in [7, 11) is -3.62. The van der Waals surface area contributed by atoms with Gasteiger partial charge in [-0.1, -0.05) is 0 Å². The predicted octanol–water partition coefficient (Wildman–Crippen LogP) is 2.22. The van der Waals surface area contributed by atoms with E-state index < -0.39 is 10.0 Å². The van der Waals surface area contributed by atoms with Crippen molar-refractivity contribution in [2.45, 2.75) is 42.9 Å². The number of benzene rings is 1. The van der Waals surface area contributed by atoms with E-state index in [0.717, 1.165) is 42.8 Å². The zero-order valence-corrected chi connectivity index (χ0v) is 16.7. The van der Waals surface area contributed by atoms with Crippen LogP contribution in [0, 0.1) is 6.92 Å². The lowest BCUT2D eigenvalue weighted by Gasteiger charge is -2.39. The van der Waals surface area contributed by atoms with Crippen molar-refractivity contribution >= 4 is 10.0 Å². The van der Waals surface area contributed by atoms with Crippen molar-refractivity contribution in [3.63, 3.8) is 0 Å². The van der Waals surface area contributed by atoms with Crippen LogP contribution in [0.25, 0.3) is 0 Å². The van der Waals surface area contributed by atoms with Crippen LogP contribution in [-0.2, 0) is 21.9 Å². The third-order valence-corrected chi connectivity index (χ3v) is 7.89. The molecule has 5 rings (SSSR count). The number of rotatable bonds is 2. The quantitative estimate of drug-likeness (QED) is 0.768. The minimum absolute atomic E-state index is 0.206. The van der Waals surface area contributed by atoms with Gasteiger partial charge in [-0.05, 0) is 50.3 Å². The van der Waals surface area contributed by atoms with Crippen molar-refractivity contribution < 1.29 is 17.9 Å². The van der Waals surface area contributed by atoms with E-state index >= 15 is 0 Å². The average Bonchev–Trinajstić information content (AvgIpc) is 3.04. The van der Waals surface area contributed by atoms with Crippen molar-refractivity contribution in [3.8, 4) is 11.5 Å². The van der Waals surface area contributed by atoms with Crippen LogP contribution in [0.4, 0.5) is 0 Å². The number of aryl methyl sites for hydroxylation is 2. The summed E-state index contributed by atoms with van der Waals surface area (Å²) in [6.45, 7) is 3.79. The van der Waals surface area contributed by atoms with Gasteiger partial charge in [0.1, 0.15) is 19.0 Å². The SMILES string of the molecule is Cc1ncc2c(n1)C1(CCCN(S(=O)(=O)c3ccc4c(c3)OCCO4)C1)CC2. The van der Waals surface area contributed by atoms with Crippen molar-refractivity contribution in [1.29, 1.82) is 0 Å². The second-order valence-electron chi connectivity index (χ2n) is 7.82. The standard InChI is InChI=1S/C20H23N3O4S/c1-14-21-12-15-5-7-20(19(15)22-14)6-2-8-23(13-20)28(24,25)16-3-4-17-18(11-16)27-10-9-26-17/h3-4,11-12H,2,5-10,13H2,1H3. The van der Waals surface area contributed by atoms with E-state index in [0.29, 0.717) is 37.8 Å². The van der Waals surface area contributed by atoms with Crippen LogP contribution in [0.3, 0.4) is 0 Å². The Balaban J connectivity index is 1.48. The Hall–Kier alpha value is -2.19. The number of piperidine rings is 1. The molecule has 7 nitrogen and oxygen atoms in total. The molecule has 1 unspecified atom stereocenters. The number of ether oxygens (including phenoxy) is 2. The van der Waals surface area contributed by atoms with Gasteiger partial charge in [0.05, 0.1) is 10.6 Å². The molecule has 1 aromatic carbocycles. The van der Waals surface area contributed by atoms with Crippen molar-refractivity contribution in [2.24, 2.45) is 0 Å². The van der Waals surface area contributed by atoms with Crippen LogP contribution in [0.15, 0.2) is 29.3 Å². The van der Waals surface area contributed by atoms with Gasteiger partial charge >= 0.3 is 0 Å². The van der Waals surface area contributed by atoms with Crippen LogP contribution in [0.2, 0.25) is 0 Å². The number of aromatic nitrogens is 2. The van der Waals surface area contributed by atoms with Crippen molar-refractivity contribution in [2.75, 3.05) is 26.3 Å². The molecular weight excluding hydrogens is 378 g/mol. The monoisotopic (exact) mass is 401 g/mol. The highest BCUT2D eigenvalue weighted by atomic mass is 32.2. The van der Waals surface area contributed by atoms with Crippen molar-refractivity contribution in [3.05, 3.63) is 41.5 Å². The largest absolute Gasteiger partial charge is 0.486 e. The highest BCUT2D eigenvalue weighted by molar-refractivity contribution is 7.89. The Morgan fingerprint density at radius 2 is 1.96 bits per heavy atom. The first-order valence-electron chi connectivity index (χ1n) is 9.71. The van der Waals surface area contributed by atoms with E-state index in [2.05, 4.69) is 4.98 Å². The molecule has 2 aliphatic heterocycles. The summed E-state index contributed by atoms with van der Waals surface area (Å²) in [6, 6.07) is 4.88. The molecule has 8 heteroatoms. The molecule has 1 saturated heterocycles. The Morgan fingerprint density at radius 1 is 1.14 bits per heavy atom. The Kier molecular flexibility index (Phi) is 4.10. The van der Waals surface area contributed by atoms with Gasteiger partial charge in [0.15, 0.2) is 11.5 Å². The molecule has 0 bridgehead atoms. The molecule has 148 valence electrons. The summed E-state index contributed by atoms with van der Waals surface area (Å²) in [5.74, 6) is 1.83. The van der Waals surface area contributed by atoms with Crippen LogP contribution in [0.5, 0.6) is 11.5 Å². The molecule has 0 radical (unpaired) electrons. The minimum Gasteiger partial charge on any atom is -0.486 e. The molecule has 1 atom stereocenters. The van der Waals surface area contributed by atoms with Gasteiger partial charge in [-0.15, -0.1) is 0 Å². The first kappa shape index (κ1) is 17.9. The van der Waals surface area contributed by atoms with Crippen LogP contribution in [0.1, 0.15) is 36.3 Å². The van der Waals surface area contributed by atoms with Crippen molar-refractivity contribution in [1.82, 2.24) is 14.3 Å². The summed E-state index contributed by atoms with van der Waals surface area (Å²) in [4.78, 5) is 9.28. The maximum Gasteiger partial charge on any atom is 0.243 e. The van der Waals surface area contributed by atoms with E-state index in [1.165, 1.54) is 0 Å². The molecular formula is C20H23N3O4S. The summed E-state index contributed by atoms with van der Waals surface area (Å²) in [5, 5.41) is 0. The molecule has 2 aromatic rings. The van der Waals surface area contributed by atoms with Gasteiger partial charge in [-0.3, -0.25) is 0 Å². The lowest BCUT2D eigenvalue weighted by molar-refractivity contribution is 0.171. The zero-order chi connectivity index (χ0) is 19.4. The second-order valence-corrected chi connectivity index (χ2v) is 9.76. The highest BCUT2D eigenvalue weighted by Crippen LogP contribution is 2.45. The summed E-state index contributed by atoms with van der Waals surface area (Å²) in [6.07, 6.45) is 5.53. The normalized spacial score (nSPS) is 24.3. The maximum atomic E-state index is 13.4. The zero-order valence-electron chi connectivity index (χ0n) is 15.8. The Morgan fingerprint density at radius 3 is 2.82 bits per heavy atom. The number of hydrogen-bond donors (Lipinski definition) is 0. The number of hydrogen-bond acceptors (Lipinski definition) is 6. The fourth-order valence-electron chi connectivity index (χ4n) is 4.65. The smallest absolute Gasteiger partial charge is 0.243 e. The Labute approximate surface area is 164 Å². The molecule has 3 aliphatic rings. The third-order valence-electron chi connectivity index (χ3n) is 6.05. The fourth-order valence-corrected chi connectivity index (χ4v) is 6.24. The third kappa shape index (κ3) is 2.78. The summed E-state index contributed by atoms with van der Waals surface area (Å²) in [5.41, 5.74) is 1.99. The van der Waals surface area contributed by atoms with Gasteiger partial charge in [-0.2, -0.15) is 4.31 Å². The molecule has 0 N–H and O–H groups in total. The van der Waals surface area contributed by atoms with E-state index in [1.807, 2.05) is 13.1 Å². The van der Waals surface area contributed by atoms with E-state index in [4.69, 9.17) is 14.5 Å². The lowest BCUT2D eigenvalue weighted by atomic mass is 9.78. The average molecular weight is 401 g/mol. The number of fused-ring (bicyclic) bond motifs is 3. The molecule has 28 heavy (non-hydrogen) atoms. The van der Waals surface area contributed by atoms with Gasteiger partial charge in [0.2, 0.25) is 10.0 Å². The maximum absolute atomic E-state index is 13.4. The fraction of sp³-hybridized carbons (Fsp3) is 0.500. The summed E-state index contributed by atoms with van der Waals surface area (Å²) < 4.78 is 39.5. The molecule has 1 fully saturated rings. The second kappa shape index (κ2) is 6.42. The lowest BCUT2D eigenvalue weighted by Crippen LogP contribution is -2.47. The van der Waals surface area contributed by atoms with Gasteiger partial charge in [0, 0.05) is 30.8 Å². The first-order chi connectivity index (χ1) is 13.5. The molecule has 3 heterocycles. The van der Waals surface area contributed by atoms with E-state index in [-0.39, 0.29) is 10.3 Å². The first-order valence-corrected chi connectivity index (χ1v) is 11.1. The Bertz CT molecular complexity index is 1040. The molecule has 1 aliphatic carbocycles. The number of nitrogens with zero attached hydrogens (tertiary/aromatic N) is 3. The van der Waals surface area contributed by atoms with Gasteiger partial charge < -0.3 is 9.47 Å². The van der Waals surface area contributed by atoms with Crippen LogP contribution < -0.4 is 9.47 Å². The van der Waals surface area contributed by atoms with Gasteiger partial charge in [0.25, 0.3) is 0 Å². The minimum atomic E-state index is -3.62. The topological polar surface area (TPSA) is 81.6 Å². The van der Waals surface area contributed by atoms with Gasteiger partial charge in [-0.25, -0.2) is 18.4 Å². The highest BCUT2D eigenvalue weighted by Gasteiger charge is 2.46. The molecule has 1 spiro atoms. The summed E-state index contributed by atoms with van der Waals surface area (Å²) >= 11 is 0. The van der Waals surface area contributed by atoms with E-state index in [1.54, 1.807) is 22.5 Å². The molecule has 0 saturated carbocycles. The molecule has 1 aromatic heterocycles. The predicted molar refractivity (Wildman–Crippen MR) is 102 cm³/mol. The van der Waals surface area contributed by atoms with Crippen LogP contribution >= 0.6 is 0 Å². The number of sulfonamides is 1.